The van der Waals surface area contributed by atoms with Gasteiger partial charge in [0.05, 0.1) is 5.69 Å². The predicted molar refractivity (Wildman–Crippen MR) is 114 cm³/mol. The highest BCUT2D eigenvalue weighted by molar-refractivity contribution is 5.92. The summed E-state index contributed by atoms with van der Waals surface area (Å²) in [7, 11) is 0. The molecular formula is C22H19N7O2. The fourth-order valence-electron chi connectivity index (χ4n) is 3.42. The van der Waals surface area contributed by atoms with E-state index in [0.717, 1.165) is 39.1 Å². The minimum Gasteiger partial charge on any atom is -0.351 e. The molecule has 0 saturated heterocycles. The predicted octanol–water partition coefficient (Wildman–Crippen LogP) is 3.55. The Morgan fingerprint density at radius 2 is 1.90 bits per heavy atom. The summed E-state index contributed by atoms with van der Waals surface area (Å²) in [5, 5.41) is 7.68. The van der Waals surface area contributed by atoms with Crippen LogP contribution in [0.1, 0.15) is 27.7 Å². The van der Waals surface area contributed by atoms with Crippen LogP contribution in [0, 0.1) is 13.8 Å². The average Bonchev–Trinajstić information content (AvgIpc) is 3.50. The summed E-state index contributed by atoms with van der Waals surface area (Å²) in [5.41, 5.74) is 5.11. The highest BCUT2D eigenvalue weighted by Gasteiger charge is 2.16. The third kappa shape index (κ3) is 3.68. The number of H-pyrrole nitrogens is 2. The summed E-state index contributed by atoms with van der Waals surface area (Å²) < 4.78 is 5.24. The number of carbonyl (C=O) groups excluding carboxylic acids is 1. The van der Waals surface area contributed by atoms with E-state index in [9.17, 15) is 4.79 Å². The molecule has 4 aromatic heterocycles. The van der Waals surface area contributed by atoms with Crippen LogP contribution in [-0.4, -0.2) is 36.0 Å². The number of nitrogens with one attached hydrogen (secondary N) is 3. The number of imidazole rings is 1. The van der Waals surface area contributed by atoms with Crippen molar-refractivity contribution in [3.05, 3.63) is 71.7 Å². The molecule has 0 atom stereocenters. The van der Waals surface area contributed by atoms with E-state index >= 15 is 0 Å². The van der Waals surface area contributed by atoms with Gasteiger partial charge < -0.3 is 19.8 Å². The molecule has 0 aliphatic heterocycles. The van der Waals surface area contributed by atoms with Crippen LogP contribution >= 0.6 is 0 Å². The highest BCUT2D eigenvalue weighted by atomic mass is 16.5. The Morgan fingerprint density at radius 3 is 2.68 bits per heavy atom. The van der Waals surface area contributed by atoms with Gasteiger partial charge in [0.2, 0.25) is 0 Å². The normalized spacial score (nSPS) is 11.2. The van der Waals surface area contributed by atoms with Crippen molar-refractivity contribution in [3.8, 4) is 22.8 Å². The van der Waals surface area contributed by atoms with Gasteiger partial charge in [0.15, 0.2) is 11.6 Å². The molecule has 1 amide bonds. The molecule has 1 aromatic carbocycles. The number of nitrogens with zero attached hydrogens (tertiary/aromatic N) is 4. The van der Waals surface area contributed by atoms with Crippen LogP contribution in [0.25, 0.3) is 33.7 Å². The number of fused-ring (bicyclic) bond motifs is 1. The summed E-state index contributed by atoms with van der Waals surface area (Å²) in [6, 6.07) is 11.6. The van der Waals surface area contributed by atoms with Gasteiger partial charge in [-0.1, -0.05) is 11.2 Å². The summed E-state index contributed by atoms with van der Waals surface area (Å²) >= 11 is 0. The molecule has 0 saturated carbocycles. The molecule has 4 heterocycles. The summed E-state index contributed by atoms with van der Waals surface area (Å²) in [6.45, 7) is 4.08. The molecule has 5 aromatic rings. The zero-order valence-corrected chi connectivity index (χ0v) is 16.9. The van der Waals surface area contributed by atoms with Crippen molar-refractivity contribution >= 4 is 16.8 Å². The van der Waals surface area contributed by atoms with Crippen molar-refractivity contribution in [1.82, 2.24) is 35.4 Å². The Hall–Kier alpha value is -4.27. The van der Waals surface area contributed by atoms with Crippen LogP contribution < -0.4 is 5.32 Å². The number of pyridine rings is 1. The molecule has 0 unspecified atom stereocenters. The van der Waals surface area contributed by atoms with Gasteiger partial charge >= 0.3 is 0 Å². The molecule has 9 heteroatoms. The maximum atomic E-state index is 12.5. The fraction of sp³-hybridized carbons (Fsp3) is 0.136. The van der Waals surface area contributed by atoms with Crippen LogP contribution in [0.4, 0.5) is 0 Å². The van der Waals surface area contributed by atoms with Gasteiger partial charge in [-0.15, -0.1) is 0 Å². The Bertz CT molecular complexity index is 1380. The monoisotopic (exact) mass is 413 g/mol. The first-order chi connectivity index (χ1) is 15.1. The first kappa shape index (κ1) is 18.7. The minimum absolute atomic E-state index is 0.261. The van der Waals surface area contributed by atoms with E-state index < -0.39 is 0 Å². The first-order valence-corrected chi connectivity index (χ1v) is 9.74. The molecule has 0 bridgehead atoms. The molecule has 5 rings (SSSR count). The smallest absolute Gasteiger partial charge is 0.287 e. The van der Waals surface area contributed by atoms with Crippen LogP contribution in [-0.2, 0) is 6.54 Å². The maximum Gasteiger partial charge on any atom is 0.287 e. The largest absolute Gasteiger partial charge is 0.351 e. The number of rotatable bonds is 5. The van der Waals surface area contributed by atoms with Gasteiger partial charge in [0.1, 0.15) is 5.69 Å². The van der Waals surface area contributed by atoms with Crippen LogP contribution in [0.5, 0.6) is 0 Å². The number of benzene rings is 1. The van der Waals surface area contributed by atoms with Gasteiger partial charge in [-0.3, -0.25) is 9.78 Å². The third-order valence-electron chi connectivity index (χ3n) is 4.95. The number of hydrogen-bond donors (Lipinski definition) is 3. The molecule has 31 heavy (non-hydrogen) atoms. The lowest BCUT2D eigenvalue weighted by Crippen LogP contribution is -2.24. The van der Waals surface area contributed by atoms with Gasteiger partial charge in [-0.2, -0.15) is 4.98 Å². The van der Waals surface area contributed by atoms with E-state index in [4.69, 9.17) is 4.52 Å². The molecule has 9 nitrogen and oxygen atoms in total. The number of carbonyl (C=O) groups is 1. The highest BCUT2D eigenvalue weighted by Crippen LogP contribution is 2.28. The third-order valence-corrected chi connectivity index (χ3v) is 4.95. The summed E-state index contributed by atoms with van der Waals surface area (Å²) in [4.78, 5) is 31.7. The van der Waals surface area contributed by atoms with E-state index in [-0.39, 0.29) is 11.7 Å². The van der Waals surface area contributed by atoms with E-state index in [0.29, 0.717) is 18.3 Å². The van der Waals surface area contributed by atoms with Crippen molar-refractivity contribution in [2.24, 2.45) is 0 Å². The lowest BCUT2D eigenvalue weighted by atomic mass is 10.1. The Balaban J connectivity index is 1.39. The summed E-state index contributed by atoms with van der Waals surface area (Å²) in [6.07, 6.45) is 3.39. The van der Waals surface area contributed by atoms with E-state index in [1.54, 1.807) is 19.3 Å². The van der Waals surface area contributed by atoms with Gasteiger partial charge in [0, 0.05) is 41.1 Å². The first-order valence-electron chi connectivity index (χ1n) is 9.74. The number of amides is 1. The Labute approximate surface area is 176 Å². The number of aryl methyl sites for hydroxylation is 2. The second-order valence-electron chi connectivity index (χ2n) is 7.23. The second kappa shape index (κ2) is 7.52. The van der Waals surface area contributed by atoms with Crippen molar-refractivity contribution in [2.45, 2.75) is 20.4 Å². The van der Waals surface area contributed by atoms with Crippen LogP contribution in [0.2, 0.25) is 0 Å². The van der Waals surface area contributed by atoms with Gasteiger partial charge in [0.25, 0.3) is 11.8 Å². The molecule has 0 fully saturated rings. The molecular weight excluding hydrogens is 394 g/mol. The number of aromatic nitrogens is 6. The van der Waals surface area contributed by atoms with Crippen molar-refractivity contribution in [2.75, 3.05) is 0 Å². The number of aromatic amines is 2. The minimum atomic E-state index is -0.261. The van der Waals surface area contributed by atoms with Gasteiger partial charge in [-0.05, 0) is 49.7 Å². The molecule has 3 N–H and O–H groups in total. The summed E-state index contributed by atoms with van der Waals surface area (Å²) in [5.74, 6) is 1.04. The SMILES string of the molecule is Cc1noc(-c2cc3cc(-c4nc(C(=O)NCc5ccncc5)[nH]c4C)ccc3[nH]2)n1. The van der Waals surface area contributed by atoms with Gasteiger partial charge in [-0.25, -0.2) is 4.98 Å². The van der Waals surface area contributed by atoms with Crippen LogP contribution in [0.15, 0.2) is 53.3 Å². The lowest BCUT2D eigenvalue weighted by Gasteiger charge is -2.02. The second-order valence-corrected chi connectivity index (χ2v) is 7.23. The molecule has 0 radical (unpaired) electrons. The quantitative estimate of drug-likeness (QED) is 0.405. The Morgan fingerprint density at radius 1 is 1.06 bits per heavy atom. The topological polar surface area (TPSA) is 125 Å². The maximum absolute atomic E-state index is 12.5. The molecule has 0 aliphatic carbocycles. The molecule has 154 valence electrons. The van der Waals surface area contributed by atoms with E-state index in [1.165, 1.54) is 0 Å². The number of hydrogen-bond acceptors (Lipinski definition) is 6. The standard InChI is InChI=1S/C22H19N7O2/c1-12-19(28-20(25-12)21(30)24-11-14-5-7-23-8-6-14)15-3-4-17-16(9-15)10-18(27-17)22-26-13(2)29-31-22/h3-10,27H,11H2,1-2H3,(H,24,30)(H,25,28). The fourth-order valence-corrected chi connectivity index (χ4v) is 3.42. The van der Waals surface area contributed by atoms with E-state index in [1.807, 2.05) is 43.3 Å². The lowest BCUT2D eigenvalue weighted by molar-refractivity contribution is 0.0941. The van der Waals surface area contributed by atoms with E-state index in [2.05, 4.69) is 35.4 Å². The Kier molecular flexibility index (Phi) is 4.55. The van der Waals surface area contributed by atoms with Crippen LogP contribution in [0.3, 0.4) is 0 Å². The molecule has 0 aliphatic rings. The van der Waals surface area contributed by atoms with Crippen molar-refractivity contribution in [1.29, 1.82) is 0 Å². The zero-order valence-electron chi connectivity index (χ0n) is 16.9. The average molecular weight is 413 g/mol. The zero-order chi connectivity index (χ0) is 21.4. The molecule has 0 spiro atoms. The van der Waals surface area contributed by atoms with Crippen molar-refractivity contribution in [3.63, 3.8) is 0 Å². The van der Waals surface area contributed by atoms with Crippen molar-refractivity contribution < 1.29 is 9.32 Å².